The molecule has 3 fully saturated rings. The first-order chi connectivity index (χ1) is 19.4. The van der Waals surface area contributed by atoms with E-state index >= 15 is 0 Å². The van der Waals surface area contributed by atoms with Crippen molar-refractivity contribution in [3.05, 3.63) is 72.3 Å². The molecule has 0 spiro atoms. The Kier molecular flexibility index (Phi) is 6.75. The molecular weight excluding hydrogens is 563 g/mol. The molecular formula is C29H33N4O6PS. The average Bonchev–Trinajstić information content (AvgIpc) is 3.83. The molecule has 6 rings (SSSR count). The van der Waals surface area contributed by atoms with Gasteiger partial charge in [-0.05, 0) is 30.4 Å². The zero-order valence-electron chi connectivity index (χ0n) is 22.9. The van der Waals surface area contributed by atoms with Crippen LogP contribution in [0.1, 0.15) is 36.8 Å². The van der Waals surface area contributed by atoms with E-state index in [0.29, 0.717) is 18.6 Å². The molecule has 1 saturated heterocycles. The van der Waals surface area contributed by atoms with E-state index in [1.165, 1.54) is 0 Å². The van der Waals surface area contributed by atoms with Gasteiger partial charge in [0.05, 0.1) is 11.3 Å². The first-order valence-electron chi connectivity index (χ1n) is 13.7. The summed E-state index contributed by atoms with van der Waals surface area (Å²) in [5, 5.41) is 6.75. The Morgan fingerprint density at radius 1 is 1.07 bits per heavy atom. The minimum atomic E-state index is -3.79. The number of hydrogen-bond donors (Lipinski definition) is 2. The molecule has 0 bridgehead atoms. The Morgan fingerprint density at radius 2 is 1.66 bits per heavy atom. The monoisotopic (exact) mass is 596 g/mol. The van der Waals surface area contributed by atoms with Gasteiger partial charge in [0.1, 0.15) is 24.6 Å². The van der Waals surface area contributed by atoms with Gasteiger partial charge in [-0.3, -0.25) is 14.3 Å². The topological polar surface area (TPSA) is 134 Å². The predicted octanol–water partition coefficient (Wildman–Crippen LogP) is 3.09. The number of oxime groups is 1. The summed E-state index contributed by atoms with van der Waals surface area (Å²) in [6.45, 7) is 7.12. The Labute approximate surface area is 239 Å². The summed E-state index contributed by atoms with van der Waals surface area (Å²) in [4.78, 5) is 32.8. The van der Waals surface area contributed by atoms with Crippen molar-refractivity contribution in [2.24, 2.45) is 11.1 Å². The van der Waals surface area contributed by atoms with E-state index in [-0.39, 0.29) is 19.4 Å². The lowest BCUT2D eigenvalue weighted by molar-refractivity contribution is -0.131. The average molecular weight is 597 g/mol. The third-order valence-corrected chi connectivity index (χ3v) is 11.9. The molecule has 2 aromatic carbocycles. The molecule has 0 aromatic heterocycles. The highest BCUT2D eigenvalue weighted by Gasteiger charge is 2.62. The van der Waals surface area contributed by atoms with Gasteiger partial charge in [-0.15, -0.1) is 6.58 Å². The van der Waals surface area contributed by atoms with Crippen LogP contribution in [-0.2, 0) is 29.0 Å². The van der Waals surface area contributed by atoms with Crippen LogP contribution in [0.2, 0.25) is 0 Å². The summed E-state index contributed by atoms with van der Waals surface area (Å²) in [7, 11) is -6.71. The van der Waals surface area contributed by atoms with Crippen LogP contribution in [0.15, 0.2) is 66.3 Å². The second kappa shape index (κ2) is 9.93. The van der Waals surface area contributed by atoms with Crippen LogP contribution >= 0.6 is 7.29 Å². The van der Waals surface area contributed by atoms with Crippen LogP contribution in [0.25, 0.3) is 11.1 Å². The quantitative estimate of drug-likeness (QED) is 0.220. The van der Waals surface area contributed by atoms with Gasteiger partial charge in [-0.2, -0.15) is 0 Å². The fourth-order valence-corrected chi connectivity index (χ4v) is 8.68. The van der Waals surface area contributed by atoms with Crippen LogP contribution in [0.5, 0.6) is 0 Å². The Hall–Kier alpha value is -3.27. The fourth-order valence-electron chi connectivity index (χ4n) is 5.87. The van der Waals surface area contributed by atoms with Crippen molar-refractivity contribution in [2.75, 3.05) is 19.9 Å². The molecule has 0 radical (unpaired) electrons. The largest absolute Gasteiger partial charge is 0.391 e. The molecule has 12 heteroatoms. The van der Waals surface area contributed by atoms with Gasteiger partial charge in [0, 0.05) is 43.3 Å². The molecule has 3 aliphatic carbocycles. The van der Waals surface area contributed by atoms with E-state index in [4.69, 9.17) is 4.84 Å². The SMILES string of the molecule is C=C[C@@H]1C[C@@]1(NC(=O)C1CC(ON=C2c3ccccc3-c3ccccc32)CN1P(C)(C)=O)C(=O)NS(=O)(=O)C1CC1. The van der Waals surface area contributed by atoms with Gasteiger partial charge in [-0.25, -0.2) is 13.1 Å². The van der Waals surface area contributed by atoms with Crippen molar-refractivity contribution in [1.82, 2.24) is 14.7 Å². The van der Waals surface area contributed by atoms with Gasteiger partial charge < -0.3 is 14.7 Å². The molecule has 1 heterocycles. The number of carbonyl (C=O) groups excluding carboxylic acids is 2. The van der Waals surface area contributed by atoms with Gasteiger partial charge in [0.25, 0.3) is 5.91 Å². The van der Waals surface area contributed by atoms with Crippen molar-refractivity contribution >= 4 is 34.8 Å². The van der Waals surface area contributed by atoms with Crippen LogP contribution in [0.4, 0.5) is 0 Å². The first kappa shape index (κ1) is 27.9. The first-order valence-corrected chi connectivity index (χ1v) is 17.8. The summed E-state index contributed by atoms with van der Waals surface area (Å²) in [6, 6.07) is 15.0. The highest BCUT2D eigenvalue weighted by atomic mass is 32.2. The van der Waals surface area contributed by atoms with Crippen molar-refractivity contribution in [3.8, 4) is 11.1 Å². The van der Waals surface area contributed by atoms with Gasteiger partial charge >= 0.3 is 0 Å². The Morgan fingerprint density at radius 3 is 2.17 bits per heavy atom. The molecule has 4 atom stereocenters. The van der Waals surface area contributed by atoms with E-state index < -0.39 is 58.0 Å². The van der Waals surface area contributed by atoms with E-state index in [0.717, 1.165) is 22.3 Å². The summed E-state index contributed by atoms with van der Waals surface area (Å²) < 4.78 is 41.9. The molecule has 4 aliphatic rings. The minimum Gasteiger partial charge on any atom is -0.391 e. The summed E-state index contributed by atoms with van der Waals surface area (Å²) >= 11 is 0. The highest BCUT2D eigenvalue weighted by molar-refractivity contribution is 7.91. The normalized spacial score (nSPS) is 27.0. The molecule has 216 valence electrons. The van der Waals surface area contributed by atoms with Crippen LogP contribution in [0.3, 0.4) is 0 Å². The molecule has 2 N–H and O–H groups in total. The molecule has 2 amide bonds. The third kappa shape index (κ3) is 5.04. The minimum absolute atomic E-state index is 0.203. The number of fused-ring (bicyclic) bond motifs is 3. The predicted molar refractivity (Wildman–Crippen MR) is 156 cm³/mol. The number of benzene rings is 2. The molecule has 2 unspecified atom stereocenters. The van der Waals surface area contributed by atoms with Crippen LogP contribution < -0.4 is 10.0 Å². The Balaban J connectivity index is 1.21. The summed E-state index contributed by atoms with van der Waals surface area (Å²) in [5.41, 5.74) is 3.33. The smallest absolute Gasteiger partial charge is 0.259 e. The molecule has 2 aromatic rings. The van der Waals surface area contributed by atoms with Crippen molar-refractivity contribution < 1.29 is 27.4 Å². The van der Waals surface area contributed by atoms with Gasteiger partial charge in [-0.1, -0.05) is 59.8 Å². The summed E-state index contributed by atoms with van der Waals surface area (Å²) in [6.07, 6.45) is 2.47. The maximum absolute atomic E-state index is 13.6. The van der Waals surface area contributed by atoms with Crippen LogP contribution in [-0.4, -0.2) is 73.4 Å². The third-order valence-electron chi connectivity index (χ3n) is 8.35. The molecule has 10 nitrogen and oxygen atoms in total. The van der Waals surface area contributed by atoms with E-state index in [9.17, 15) is 22.6 Å². The number of amides is 2. The van der Waals surface area contributed by atoms with Crippen molar-refractivity contribution in [3.63, 3.8) is 0 Å². The lowest BCUT2D eigenvalue weighted by Crippen LogP contribution is -2.55. The summed E-state index contributed by atoms with van der Waals surface area (Å²) in [5.74, 6) is -1.68. The fraction of sp³-hybridized carbons (Fsp3) is 0.414. The molecule has 41 heavy (non-hydrogen) atoms. The van der Waals surface area contributed by atoms with E-state index in [1.807, 2.05) is 48.5 Å². The lowest BCUT2D eigenvalue weighted by Gasteiger charge is -2.28. The number of sulfonamides is 1. The number of nitrogens with one attached hydrogen (secondary N) is 2. The highest BCUT2D eigenvalue weighted by Crippen LogP contribution is 2.49. The van der Waals surface area contributed by atoms with E-state index in [2.05, 4.69) is 21.8 Å². The van der Waals surface area contributed by atoms with Crippen molar-refractivity contribution in [1.29, 1.82) is 0 Å². The van der Waals surface area contributed by atoms with Gasteiger partial charge in [0.2, 0.25) is 15.9 Å². The second-order valence-electron chi connectivity index (χ2n) is 11.6. The standard InChI is InChI=1S/C29H33N4O6PS/c1-4-18-16-29(18,28(35)32-41(37,38)20-13-14-20)30-27(34)25-15-19(17-33(25)40(2,3)36)39-31-26-23-11-7-5-9-21(23)22-10-6-8-12-24(22)26/h4-12,18-20,25H,1,13-17H2,2-3H3,(H,30,34)(H,32,35)/t18-,19?,25?,29+/m1/s1. The molecule has 1 aliphatic heterocycles. The molecule has 2 saturated carbocycles. The maximum atomic E-state index is 13.6. The van der Waals surface area contributed by atoms with Crippen molar-refractivity contribution in [2.45, 2.75) is 48.6 Å². The zero-order chi connectivity index (χ0) is 29.2. The Bertz CT molecular complexity index is 1580. The number of carbonyl (C=O) groups is 2. The van der Waals surface area contributed by atoms with Gasteiger partial charge in [0.15, 0.2) is 0 Å². The zero-order valence-corrected chi connectivity index (χ0v) is 24.7. The lowest BCUT2D eigenvalue weighted by atomic mass is 10.1. The van der Waals surface area contributed by atoms with E-state index in [1.54, 1.807) is 24.1 Å². The second-order valence-corrected chi connectivity index (χ2v) is 16.7. The number of rotatable bonds is 9. The number of nitrogens with zero attached hydrogens (tertiary/aromatic N) is 2. The maximum Gasteiger partial charge on any atom is 0.259 e. The van der Waals surface area contributed by atoms with Crippen LogP contribution in [0, 0.1) is 5.92 Å². The number of hydrogen-bond acceptors (Lipinski definition) is 7.